The molecule has 0 aliphatic carbocycles. The van der Waals surface area contributed by atoms with E-state index >= 15 is 0 Å². The van der Waals surface area contributed by atoms with E-state index in [0.717, 1.165) is 54.2 Å². The van der Waals surface area contributed by atoms with E-state index in [4.69, 9.17) is 0 Å². The SMILES string of the molecule is CN1CCN(c2cc(C(=O)Nc3cc4cc(-c5cnccn5)ccc4nn3)ccn2)CC1. The number of benzene rings is 1. The van der Waals surface area contributed by atoms with Crippen molar-refractivity contribution in [1.29, 1.82) is 0 Å². The van der Waals surface area contributed by atoms with Gasteiger partial charge in [0.2, 0.25) is 0 Å². The summed E-state index contributed by atoms with van der Waals surface area (Å²) < 4.78 is 0. The molecule has 32 heavy (non-hydrogen) atoms. The maximum absolute atomic E-state index is 12.9. The van der Waals surface area contributed by atoms with Crippen LogP contribution in [0.1, 0.15) is 10.4 Å². The smallest absolute Gasteiger partial charge is 0.257 e. The van der Waals surface area contributed by atoms with Gasteiger partial charge in [0.25, 0.3) is 5.91 Å². The highest BCUT2D eigenvalue weighted by Gasteiger charge is 2.17. The maximum atomic E-state index is 12.9. The van der Waals surface area contributed by atoms with Crippen LogP contribution in [0.25, 0.3) is 22.2 Å². The highest BCUT2D eigenvalue weighted by atomic mass is 16.1. The van der Waals surface area contributed by atoms with Crippen molar-refractivity contribution in [2.75, 3.05) is 43.4 Å². The van der Waals surface area contributed by atoms with E-state index in [1.165, 1.54) is 0 Å². The number of fused-ring (bicyclic) bond motifs is 1. The molecule has 1 aliphatic rings. The number of hydrogen-bond donors (Lipinski definition) is 1. The van der Waals surface area contributed by atoms with Gasteiger partial charge in [-0.1, -0.05) is 6.07 Å². The Hall–Kier alpha value is -3.98. The lowest BCUT2D eigenvalue weighted by Gasteiger charge is -2.33. The van der Waals surface area contributed by atoms with Gasteiger partial charge in [-0.05, 0) is 37.4 Å². The van der Waals surface area contributed by atoms with Crippen LogP contribution in [0.2, 0.25) is 0 Å². The van der Waals surface area contributed by atoms with Gasteiger partial charge < -0.3 is 15.1 Å². The van der Waals surface area contributed by atoms with E-state index in [0.29, 0.717) is 11.4 Å². The van der Waals surface area contributed by atoms with Crippen molar-refractivity contribution in [2.24, 2.45) is 0 Å². The van der Waals surface area contributed by atoms with Crippen LogP contribution in [0.3, 0.4) is 0 Å². The first-order chi connectivity index (χ1) is 15.7. The molecule has 5 rings (SSSR count). The largest absolute Gasteiger partial charge is 0.354 e. The number of aromatic nitrogens is 5. The Kier molecular flexibility index (Phi) is 5.39. The van der Waals surface area contributed by atoms with E-state index in [9.17, 15) is 4.79 Å². The number of rotatable bonds is 4. The Bertz CT molecular complexity index is 1260. The van der Waals surface area contributed by atoms with Crippen LogP contribution in [0.4, 0.5) is 11.6 Å². The molecule has 0 spiro atoms. The van der Waals surface area contributed by atoms with Gasteiger partial charge in [-0.2, -0.15) is 0 Å². The Labute approximate surface area is 185 Å². The summed E-state index contributed by atoms with van der Waals surface area (Å²) in [6.45, 7) is 3.72. The monoisotopic (exact) mass is 426 g/mol. The molecule has 9 nitrogen and oxygen atoms in total. The topological polar surface area (TPSA) is 100 Å². The summed E-state index contributed by atoms with van der Waals surface area (Å²) in [5.41, 5.74) is 2.95. The fourth-order valence-corrected chi connectivity index (χ4v) is 3.67. The van der Waals surface area contributed by atoms with Gasteiger partial charge >= 0.3 is 0 Å². The molecule has 4 heterocycles. The molecule has 0 atom stereocenters. The standard InChI is InChI=1S/C23H22N8O/c1-30-8-10-31(11-9-30)22-14-17(4-5-26-22)23(32)27-21-13-18-12-16(2-3-19(18)28-29-21)20-15-24-6-7-25-20/h2-7,12-15H,8-11H2,1H3,(H,27,29,32). The van der Waals surface area contributed by atoms with Crippen LogP contribution >= 0.6 is 0 Å². The number of nitrogens with one attached hydrogen (secondary N) is 1. The van der Waals surface area contributed by atoms with Gasteiger partial charge in [-0.3, -0.25) is 14.8 Å². The lowest BCUT2D eigenvalue weighted by molar-refractivity contribution is 0.102. The van der Waals surface area contributed by atoms with Gasteiger partial charge in [0.15, 0.2) is 5.82 Å². The normalized spacial score (nSPS) is 14.5. The minimum atomic E-state index is -0.249. The van der Waals surface area contributed by atoms with Crippen LogP contribution in [-0.2, 0) is 0 Å². The first-order valence-corrected chi connectivity index (χ1v) is 10.4. The molecule has 1 amide bonds. The Morgan fingerprint density at radius 3 is 2.62 bits per heavy atom. The number of amides is 1. The number of nitrogens with zero attached hydrogens (tertiary/aromatic N) is 7. The molecule has 1 aromatic carbocycles. The number of carbonyl (C=O) groups excluding carboxylic acids is 1. The van der Waals surface area contributed by atoms with Crippen LogP contribution in [0.5, 0.6) is 0 Å². The maximum Gasteiger partial charge on any atom is 0.257 e. The molecule has 160 valence electrons. The Balaban J connectivity index is 1.36. The summed E-state index contributed by atoms with van der Waals surface area (Å²) in [4.78, 5) is 30.2. The Morgan fingerprint density at radius 1 is 0.938 bits per heavy atom. The summed E-state index contributed by atoms with van der Waals surface area (Å²) in [6.07, 6.45) is 6.67. The fraction of sp³-hybridized carbons (Fsp3) is 0.217. The average Bonchev–Trinajstić information content (AvgIpc) is 2.84. The van der Waals surface area contributed by atoms with Crippen molar-refractivity contribution in [1.82, 2.24) is 30.0 Å². The van der Waals surface area contributed by atoms with Crippen molar-refractivity contribution < 1.29 is 4.79 Å². The number of carbonyl (C=O) groups is 1. The summed E-state index contributed by atoms with van der Waals surface area (Å²) in [5.74, 6) is 0.947. The molecule has 1 aliphatic heterocycles. The number of likely N-dealkylation sites (N-methyl/N-ethyl adjacent to an activating group) is 1. The highest BCUT2D eigenvalue weighted by molar-refractivity contribution is 6.04. The average molecular weight is 426 g/mol. The third-order valence-corrected chi connectivity index (χ3v) is 5.52. The van der Waals surface area contributed by atoms with Gasteiger partial charge in [0.1, 0.15) is 5.82 Å². The van der Waals surface area contributed by atoms with E-state index in [1.54, 1.807) is 30.9 Å². The first kappa shape index (κ1) is 20.0. The molecule has 0 bridgehead atoms. The second-order valence-electron chi connectivity index (χ2n) is 7.74. The van der Waals surface area contributed by atoms with Crippen LogP contribution in [0, 0.1) is 0 Å². The quantitative estimate of drug-likeness (QED) is 0.531. The van der Waals surface area contributed by atoms with Crippen molar-refractivity contribution in [3.8, 4) is 11.3 Å². The summed E-state index contributed by atoms with van der Waals surface area (Å²) >= 11 is 0. The predicted octanol–water partition coefficient (Wildman–Crippen LogP) is 2.49. The predicted molar refractivity (Wildman–Crippen MR) is 122 cm³/mol. The molecule has 1 N–H and O–H groups in total. The van der Waals surface area contributed by atoms with E-state index in [2.05, 4.69) is 47.3 Å². The zero-order valence-electron chi connectivity index (χ0n) is 17.6. The lowest BCUT2D eigenvalue weighted by atomic mass is 10.1. The third kappa shape index (κ3) is 4.23. The molecule has 3 aromatic heterocycles. The second-order valence-corrected chi connectivity index (χ2v) is 7.74. The highest BCUT2D eigenvalue weighted by Crippen LogP contribution is 2.23. The van der Waals surface area contributed by atoms with Gasteiger partial charge in [-0.25, -0.2) is 4.98 Å². The number of piperazine rings is 1. The molecule has 0 unspecified atom stereocenters. The molecule has 0 radical (unpaired) electrons. The van der Waals surface area contributed by atoms with Crippen LogP contribution in [0.15, 0.2) is 61.2 Å². The molecule has 0 saturated carbocycles. The third-order valence-electron chi connectivity index (χ3n) is 5.52. The minimum absolute atomic E-state index is 0.249. The van der Waals surface area contributed by atoms with Crippen LogP contribution < -0.4 is 10.2 Å². The molecule has 1 saturated heterocycles. The Morgan fingerprint density at radius 2 is 1.81 bits per heavy atom. The summed E-state index contributed by atoms with van der Waals surface area (Å²) in [7, 11) is 2.11. The van der Waals surface area contributed by atoms with E-state index in [-0.39, 0.29) is 5.91 Å². The lowest BCUT2D eigenvalue weighted by Crippen LogP contribution is -2.44. The van der Waals surface area contributed by atoms with E-state index in [1.807, 2.05) is 30.3 Å². The zero-order chi connectivity index (χ0) is 21.9. The van der Waals surface area contributed by atoms with Crippen molar-refractivity contribution in [3.05, 3.63) is 66.7 Å². The van der Waals surface area contributed by atoms with Crippen molar-refractivity contribution in [3.63, 3.8) is 0 Å². The zero-order valence-corrected chi connectivity index (χ0v) is 17.6. The molecular formula is C23H22N8O. The van der Waals surface area contributed by atoms with Gasteiger partial charge in [-0.15, -0.1) is 10.2 Å². The number of anilines is 2. The molecular weight excluding hydrogens is 404 g/mol. The van der Waals surface area contributed by atoms with Gasteiger partial charge in [0, 0.05) is 61.3 Å². The first-order valence-electron chi connectivity index (χ1n) is 10.4. The summed E-state index contributed by atoms with van der Waals surface area (Å²) in [5, 5.41) is 12.1. The molecule has 9 heteroatoms. The van der Waals surface area contributed by atoms with E-state index < -0.39 is 0 Å². The van der Waals surface area contributed by atoms with Crippen molar-refractivity contribution in [2.45, 2.75) is 0 Å². The van der Waals surface area contributed by atoms with Crippen LogP contribution in [-0.4, -0.2) is 69.2 Å². The number of hydrogen-bond acceptors (Lipinski definition) is 8. The molecule has 4 aromatic rings. The summed E-state index contributed by atoms with van der Waals surface area (Å²) in [6, 6.07) is 11.1. The van der Waals surface area contributed by atoms with Crippen molar-refractivity contribution >= 4 is 28.4 Å². The second kappa shape index (κ2) is 8.64. The van der Waals surface area contributed by atoms with Gasteiger partial charge in [0.05, 0.1) is 17.4 Å². The minimum Gasteiger partial charge on any atom is -0.354 e. The molecule has 1 fully saturated rings. The fourth-order valence-electron chi connectivity index (χ4n) is 3.67. The number of pyridine rings is 1.